The van der Waals surface area contributed by atoms with Crippen molar-refractivity contribution in [1.82, 2.24) is 19.7 Å². The van der Waals surface area contributed by atoms with Crippen molar-refractivity contribution in [2.45, 2.75) is 46.3 Å². The number of nitrogens with zero attached hydrogens (tertiary/aromatic N) is 4. The van der Waals surface area contributed by atoms with Crippen LogP contribution in [0.1, 0.15) is 40.1 Å². The van der Waals surface area contributed by atoms with Crippen LogP contribution in [-0.2, 0) is 31.0 Å². The van der Waals surface area contributed by atoms with Crippen molar-refractivity contribution in [2.75, 3.05) is 7.05 Å². The largest absolute Gasteiger partial charge is 0.416 e. The second kappa shape index (κ2) is 8.08. The average molecular weight is 418 g/mol. The summed E-state index contributed by atoms with van der Waals surface area (Å²) >= 11 is 0. The first-order valence-electron chi connectivity index (χ1n) is 9.68. The molecule has 0 aliphatic rings. The van der Waals surface area contributed by atoms with Gasteiger partial charge in [0.2, 0.25) is 5.91 Å². The van der Waals surface area contributed by atoms with Crippen molar-refractivity contribution in [3.05, 3.63) is 57.9 Å². The first-order chi connectivity index (χ1) is 14.0. The molecule has 2 heterocycles. The van der Waals surface area contributed by atoms with Gasteiger partial charge < -0.3 is 4.90 Å². The highest BCUT2D eigenvalue weighted by atomic mass is 19.4. The number of aromatic nitrogens is 3. The van der Waals surface area contributed by atoms with Gasteiger partial charge in [-0.1, -0.05) is 12.1 Å². The fourth-order valence-electron chi connectivity index (χ4n) is 3.81. The lowest BCUT2D eigenvalue weighted by atomic mass is 9.99. The van der Waals surface area contributed by atoms with Crippen LogP contribution in [0.2, 0.25) is 0 Å². The van der Waals surface area contributed by atoms with E-state index in [-0.39, 0.29) is 12.5 Å². The van der Waals surface area contributed by atoms with Crippen LogP contribution in [0, 0.1) is 20.8 Å². The van der Waals surface area contributed by atoms with Crippen molar-refractivity contribution in [1.29, 1.82) is 0 Å². The second-order valence-corrected chi connectivity index (χ2v) is 7.65. The number of carbonyl (C=O) groups excluding carboxylic acids is 1. The molecular weight excluding hydrogens is 393 g/mol. The molecule has 0 saturated heterocycles. The normalized spacial score (nSPS) is 11.9. The lowest BCUT2D eigenvalue weighted by molar-refractivity contribution is -0.137. The number of amides is 1. The molecule has 3 rings (SSSR count). The molecule has 0 fully saturated rings. The van der Waals surface area contributed by atoms with Gasteiger partial charge >= 0.3 is 6.18 Å². The smallest absolute Gasteiger partial charge is 0.341 e. The number of fused-ring (bicyclic) bond motifs is 1. The number of pyridine rings is 1. The number of carbonyl (C=O) groups is 1. The van der Waals surface area contributed by atoms with Crippen molar-refractivity contribution < 1.29 is 18.0 Å². The fraction of sp³-hybridized carbons (Fsp3) is 0.409. The quantitative estimate of drug-likeness (QED) is 0.613. The van der Waals surface area contributed by atoms with E-state index in [9.17, 15) is 18.0 Å². The molecule has 0 unspecified atom stereocenters. The van der Waals surface area contributed by atoms with Crippen LogP contribution in [0.15, 0.2) is 24.3 Å². The Hall–Kier alpha value is -2.90. The van der Waals surface area contributed by atoms with Crippen LogP contribution in [-0.4, -0.2) is 32.6 Å². The van der Waals surface area contributed by atoms with Gasteiger partial charge in [0.25, 0.3) is 0 Å². The number of aryl methyl sites for hydroxylation is 4. The van der Waals surface area contributed by atoms with E-state index in [4.69, 9.17) is 0 Å². The van der Waals surface area contributed by atoms with Crippen LogP contribution < -0.4 is 0 Å². The standard InChI is InChI=1S/C22H25F3N4O/c1-13-18(14(2)26-21-20(13)15(3)27-29(21)5)10-11-19(30)28(4)12-16-6-8-17(9-7-16)22(23,24)25/h6-9H,10-12H2,1-5H3. The number of hydrogen-bond donors (Lipinski definition) is 0. The summed E-state index contributed by atoms with van der Waals surface area (Å²) in [6, 6.07) is 4.89. The van der Waals surface area contributed by atoms with E-state index < -0.39 is 11.7 Å². The van der Waals surface area contributed by atoms with Gasteiger partial charge in [0.05, 0.1) is 11.3 Å². The molecule has 0 N–H and O–H groups in total. The van der Waals surface area contributed by atoms with Crippen molar-refractivity contribution >= 4 is 16.9 Å². The maximum Gasteiger partial charge on any atom is 0.416 e. The molecule has 8 heteroatoms. The zero-order valence-electron chi connectivity index (χ0n) is 17.8. The van der Waals surface area contributed by atoms with E-state index in [1.54, 1.807) is 11.7 Å². The Morgan fingerprint density at radius 1 is 1.10 bits per heavy atom. The number of alkyl halides is 3. The molecule has 0 spiro atoms. The summed E-state index contributed by atoms with van der Waals surface area (Å²) in [4.78, 5) is 18.8. The minimum absolute atomic E-state index is 0.0725. The first-order valence-corrected chi connectivity index (χ1v) is 9.68. The Bertz CT molecular complexity index is 1080. The summed E-state index contributed by atoms with van der Waals surface area (Å²) in [6.45, 7) is 6.16. The predicted octanol–water partition coefficient (Wildman–Crippen LogP) is 4.50. The molecule has 0 aliphatic heterocycles. The van der Waals surface area contributed by atoms with Crippen LogP contribution in [0.4, 0.5) is 13.2 Å². The molecule has 2 aromatic heterocycles. The molecule has 0 aliphatic carbocycles. The average Bonchev–Trinajstić information content (AvgIpc) is 2.94. The SMILES string of the molecule is Cc1nc2c(c(C)nn2C)c(C)c1CCC(=O)N(C)Cc1ccc(C(F)(F)F)cc1. The van der Waals surface area contributed by atoms with E-state index >= 15 is 0 Å². The van der Waals surface area contributed by atoms with Gasteiger partial charge in [-0.2, -0.15) is 18.3 Å². The topological polar surface area (TPSA) is 51.0 Å². The maximum atomic E-state index is 12.7. The monoisotopic (exact) mass is 418 g/mol. The molecule has 0 atom stereocenters. The Balaban J connectivity index is 1.69. The Morgan fingerprint density at radius 2 is 1.73 bits per heavy atom. The fourth-order valence-corrected chi connectivity index (χ4v) is 3.81. The maximum absolute atomic E-state index is 12.7. The minimum Gasteiger partial charge on any atom is -0.341 e. The minimum atomic E-state index is -4.36. The number of rotatable bonds is 5. The van der Waals surface area contributed by atoms with Gasteiger partial charge in [0.15, 0.2) is 5.65 Å². The van der Waals surface area contributed by atoms with E-state index in [2.05, 4.69) is 10.1 Å². The van der Waals surface area contributed by atoms with Crippen molar-refractivity contribution in [3.63, 3.8) is 0 Å². The van der Waals surface area contributed by atoms with Gasteiger partial charge in [-0.15, -0.1) is 0 Å². The number of hydrogen-bond acceptors (Lipinski definition) is 3. The summed E-state index contributed by atoms with van der Waals surface area (Å²) in [5, 5.41) is 5.45. The van der Waals surface area contributed by atoms with Gasteiger partial charge in [-0.05, 0) is 56.0 Å². The van der Waals surface area contributed by atoms with E-state index in [0.29, 0.717) is 18.4 Å². The van der Waals surface area contributed by atoms with Crippen LogP contribution in [0.25, 0.3) is 11.0 Å². The molecular formula is C22H25F3N4O. The van der Waals surface area contributed by atoms with E-state index in [1.165, 1.54) is 17.0 Å². The Kier molecular flexibility index (Phi) is 5.87. The zero-order valence-corrected chi connectivity index (χ0v) is 17.8. The third-order valence-electron chi connectivity index (χ3n) is 5.45. The van der Waals surface area contributed by atoms with E-state index in [1.807, 2.05) is 27.8 Å². The third kappa shape index (κ3) is 4.32. The summed E-state index contributed by atoms with van der Waals surface area (Å²) in [7, 11) is 3.52. The first kappa shape index (κ1) is 21.8. The second-order valence-electron chi connectivity index (χ2n) is 7.65. The van der Waals surface area contributed by atoms with Crippen molar-refractivity contribution in [3.8, 4) is 0 Å². The third-order valence-corrected chi connectivity index (χ3v) is 5.45. The molecule has 0 bridgehead atoms. The van der Waals surface area contributed by atoms with Gasteiger partial charge in [-0.3, -0.25) is 9.48 Å². The van der Waals surface area contributed by atoms with Crippen LogP contribution in [0.3, 0.4) is 0 Å². The van der Waals surface area contributed by atoms with Crippen LogP contribution in [0.5, 0.6) is 0 Å². The summed E-state index contributed by atoms with van der Waals surface area (Å²) in [6.07, 6.45) is -3.52. The molecule has 0 saturated carbocycles. The molecule has 1 aromatic carbocycles. The molecule has 1 amide bonds. The number of halogens is 3. The summed E-state index contributed by atoms with van der Waals surface area (Å²) < 4.78 is 39.8. The predicted molar refractivity (Wildman–Crippen MR) is 109 cm³/mol. The highest BCUT2D eigenvalue weighted by Crippen LogP contribution is 2.29. The molecule has 0 radical (unpaired) electrons. The van der Waals surface area contributed by atoms with Crippen LogP contribution >= 0.6 is 0 Å². The lowest BCUT2D eigenvalue weighted by Crippen LogP contribution is -2.26. The zero-order chi connectivity index (χ0) is 22.2. The molecule has 160 valence electrons. The summed E-state index contributed by atoms with van der Waals surface area (Å²) in [5.74, 6) is -0.0725. The highest BCUT2D eigenvalue weighted by molar-refractivity contribution is 5.84. The molecule has 3 aromatic rings. The van der Waals surface area contributed by atoms with Gasteiger partial charge in [-0.25, -0.2) is 4.98 Å². The van der Waals surface area contributed by atoms with Gasteiger partial charge in [0, 0.05) is 38.1 Å². The van der Waals surface area contributed by atoms with Crippen molar-refractivity contribution in [2.24, 2.45) is 7.05 Å². The van der Waals surface area contributed by atoms with E-state index in [0.717, 1.165) is 45.7 Å². The lowest BCUT2D eigenvalue weighted by Gasteiger charge is -2.18. The number of benzene rings is 1. The summed E-state index contributed by atoms with van der Waals surface area (Å²) in [5.41, 5.74) is 4.69. The Labute approximate surface area is 173 Å². The molecule has 30 heavy (non-hydrogen) atoms. The van der Waals surface area contributed by atoms with Gasteiger partial charge in [0.1, 0.15) is 0 Å². The molecule has 5 nitrogen and oxygen atoms in total. The highest BCUT2D eigenvalue weighted by Gasteiger charge is 2.30. The Morgan fingerprint density at radius 3 is 2.33 bits per heavy atom.